The number of imidazole rings is 1. The molecule has 1 aliphatic rings. The van der Waals surface area contributed by atoms with Gasteiger partial charge >= 0.3 is 0 Å². The third kappa shape index (κ3) is 4.24. The molecule has 0 spiro atoms. The van der Waals surface area contributed by atoms with Crippen molar-refractivity contribution in [2.24, 2.45) is 5.73 Å². The zero-order valence-corrected chi connectivity index (χ0v) is 17.8. The number of nitrogens with zero attached hydrogens (tertiary/aromatic N) is 5. The van der Waals surface area contributed by atoms with E-state index in [1.54, 1.807) is 6.20 Å². The molecule has 0 aromatic carbocycles. The molecular formula is C23H25FN8. The van der Waals surface area contributed by atoms with Crippen LogP contribution >= 0.6 is 0 Å². The van der Waals surface area contributed by atoms with Crippen LogP contribution in [0.4, 0.5) is 21.7 Å². The highest BCUT2D eigenvalue weighted by molar-refractivity contribution is 5.68. The number of nitrogens with two attached hydrogens (primary N) is 1. The Morgan fingerprint density at radius 1 is 1.03 bits per heavy atom. The fourth-order valence-electron chi connectivity index (χ4n) is 4.10. The number of aryl methyl sites for hydroxylation is 1. The van der Waals surface area contributed by atoms with Crippen molar-refractivity contribution in [3.63, 3.8) is 0 Å². The van der Waals surface area contributed by atoms with Crippen LogP contribution in [0, 0.1) is 12.7 Å². The van der Waals surface area contributed by atoms with Gasteiger partial charge in [0.15, 0.2) is 0 Å². The summed E-state index contributed by atoms with van der Waals surface area (Å²) < 4.78 is 15.4. The molecule has 0 bridgehead atoms. The lowest BCUT2D eigenvalue weighted by atomic mass is 9.92. The first-order valence-corrected chi connectivity index (χ1v) is 10.8. The molecule has 4 aromatic rings. The van der Waals surface area contributed by atoms with E-state index in [2.05, 4.69) is 25.6 Å². The molecule has 1 fully saturated rings. The predicted octanol–water partition coefficient (Wildman–Crippen LogP) is 4.06. The zero-order chi connectivity index (χ0) is 22.1. The van der Waals surface area contributed by atoms with E-state index < -0.39 is 0 Å². The van der Waals surface area contributed by atoms with E-state index in [9.17, 15) is 4.39 Å². The maximum Gasteiger partial charge on any atom is 0.223 e. The first-order valence-electron chi connectivity index (χ1n) is 10.8. The number of aromatic nitrogens is 5. The topological polar surface area (TPSA) is 106 Å². The van der Waals surface area contributed by atoms with E-state index in [4.69, 9.17) is 10.7 Å². The standard InChI is InChI=1S/C23H25FN8/c1-14-10-28-23(30-17-4-2-16(25)3-5-17)31-22(14)20-13-27-21-9-18(6-7-32(20)21)29-19-8-15(24)11-26-12-19/h6-13,16-17,29H,2-5,25H2,1H3,(H,28,30,31). The van der Waals surface area contributed by atoms with E-state index in [0.717, 1.165) is 54.0 Å². The van der Waals surface area contributed by atoms with Gasteiger partial charge in [-0.3, -0.25) is 9.38 Å². The number of fused-ring (bicyclic) bond motifs is 1. The molecule has 5 rings (SSSR count). The Morgan fingerprint density at radius 2 is 1.88 bits per heavy atom. The summed E-state index contributed by atoms with van der Waals surface area (Å²) in [7, 11) is 0. The van der Waals surface area contributed by atoms with Crippen molar-refractivity contribution in [2.45, 2.75) is 44.7 Å². The minimum Gasteiger partial charge on any atom is -0.354 e. The van der Waals surface area contributed by atoms with Crippen molar-refractivity contribution < 1.29 is 4.39 Å². The summed E-state index contributed by atoms with van der Waals surface area (Å²) >= 11 is 0. The van der Waals surface area contributed by atoms with Crippen molar-refractivity contribution in [3.05, 3.63) is 60.6 Å². The summed E-state index contributed by atoms with van der Waals surface area (Å²) in [5.74, 6) is 0.233. The van der Waals surface area contributed by atoms with Crippen LogP contribution in [0.5, 0.6) is 0 Å². The second-order valence-electron chi connectivity index (χ2n) is 8.29. The lowest BCUT2D eigenvalue weighted by Crippen LogP contribution is -2.33. The van der Waals surface area contributed by atoms with Crippen molar-refractivity contribution >= 4 is 23.0 Å². The third-order valence-electron chi connectivity index (χ3n) is 5.83. The molecule has 4 N–H and O–H groups in total. The zero-order valence-electron chi connectivity index (χ0n) is 17.8. The average molecular weight is 433 g/mol. The van der Waals surface area contributed by atoms with Gasteiger partial charge in [-0.15, -0.1) is 0 Å². The fourth-order valence-corrected chi connectivity index (χ4v) is 4.10. The van der Waals surface area contributed by atoms with Crippen molar-refractivity contribution in [1.82, 2.24) is 24.3 Å². The highest BCUT2D eigenvalue weighted by atomic mass is 19.1. The van der Waals surface area contributed by atoms with Crippen molar-refractivity contribution in [1.29, 1.82) is 0 Å². The van der Waals surface area contributed by atoms with Crippen LogP contribution in [0.25, 0.3) is 17.0 Å². The Kier molecular flexibility index (Phi) is 5.40. The van der Waals surface area contributed by atoms with Gasteiger partial charge in [0, 0.05) is 42.3 Å². The largest absolute Gasteiger partial charge is 0.354 e. The Labute approximate surface area is 185 Å². The van der Waals surface area contributed by atoms with Crippen molar-refractivity contribution in [3.8, 4) is 11.4 Å². The average Bonchev–Trinajstić information content (AvgIpc) is 3.20. The van der Waals surface area contributed by atoms with Crippen LogP contribution in [0.2, 0.25) is 0 Å². The molecule has 164 valence electrons. The molecule has 0 radical (unpaired) electrons. The summed E-state index contributed by atoms with van der Waals surface area (Å²) in [5, 5.41) is 6.62. The summed E-state index contributed by atoms with van der Waals surface area (Å²) in [5.41, 5.74) is 10.8. The number of anilines is 3. The molecule has 0 atom stereocenters. The van der Waals surface area contributed by atoms with Crippen LogP contribution in [0.3, 0.4) is 0 Å². The maximum absolute atomic E-state index is 13.4. The van der Waals surface area contributed by atoms with E-state index in [0.29, 0.717) is 23.7 Å². The maximum atomic E-state index is 13.4. The van der Waals surface area contributed by atoms with Gasteiger partial charge in [-0.2, -0.15) is 0 Å². The smallest absolute Gasteiger partial charge is 0.223 e. The number of hydrogen-bond donors (Lipinski definition) is 3. The van der Waals surface area contributed by atoms with Gasteiger partial charge in [0.2, 0.25) is 5.95 Å². The van der Waals surface area contributed by atoms with Crippen LogP contribution < -0.4 is 16.4 Å². The molecule has 4 heterocycles. The first-order chi connectivity index (χ1) is 15.5. The molecule has 8 nitrogen and oxygen atoms in total. The number of pyridine rings is 2. The lowest BCUT2D eigenvalue weighted by Gasteiger charge is -2.26. The van der Waals surface area contributed by atoms with E-state index in [1.807, 2.05) is 42.0 Å². The van der Waals surface area contributed by atoms with Crippen LogP contribution in [0.1, 0.15) is 31.2 Å². The summed E-state index contributed by atoms with van der Waals surface area (Å²) in [6.45, 7) is 1.99. The predicted molar refractivity (Wildman–Crippen MR) is 122 cm³/mol. The van der Waals surface area contributed by atoms with Gasteiger partial charge in [-0.05, 0) is 44.2 Å². The van der Waals surface area contributed by atoms with E-state index in [-0.39, 0.29) is 5.82 Å². The van der Waals surface area contributed by atoms with E-state index >= 15 is 0 Å². The first kappa shape index (κ1) is 20.3. The molecule has 1 aliphatic carbocycles. The number of nitrogens with one attached hydrogen (secondary N) is 2. The monoisotopic (exact) mass is 432 g/mol. The van der Waals surface area contributed by atoms with E-state index in [1.165, 1.54) is 12.3 Å². The number of hydrogen-bond acceptors (Lipinski definition) is 7. The molecule has 0 saturated heterocycles. The Bertz CT molecular complexity index is 1250. The molecule has 32 heavy (non-hydrogen) atoms. The summed E-state index contributed by atoms with van der Waals surface area (Å²) in [6.07, 6.45) is 12.4. The van der Waals surface area contributed by atoms with Crippen LogP contribution in [0.15, 0.2) is 49.2 Å². The molecule has 4 aromatic heterocycles. The highest BCUT2D eigenvalue weighted by Crippen LogP contribution is 2.26. The Morgan fingerprint density at radius 3 is 2.69 bits per heavy atom. The Balaban J connectivity index is 1.40. The van der Waals surface area contributed by atoms with Gasteiger partial charge in [-0.1, -0.05) is 0 Å². The SMILES string of the molecule is Cc1cnc(NC2CCC(N)CC2)nc1-c1cnc2cc(Nc3cncc(F)c3)ccn12. The molecule has 0 unspecified atom stereocenters. The molecular weight excluding hydrogens is 407 g/mol. The van der Waals surface area contributed by atoms with Gasteiger partial charge in [0.25, 0.3) is 0 Å². The second-order valence-corrected chi connectivity index (χ2v) is 8.29. The Hall–Kier alpha value is -3.59. The minimum absolute atomic E-state index is 0.303. The summed E-state index contributed by atoms with van der Waals surface area (Å²) in [4.78, 5) is 17.7. The van der Waals surface area contributed by atoms with Gasteiger partial charge in [0.05, 0.1) is 35.7 Å². The molecule has 9 heteroatoms. The van der Waals surface area contributed by atoms with Crippen LogP contribution in [-0.4, -0.2) is 36.4 Å². The highest BCUT2D eigenvalue weighted by Gasteiger charge is 2.20. The van der Waals surface area contributed by atoms with Crippen molar-refractivity contribution in [2.75, 3.05) is 10.6 Å². The number of halogens is 1. The lowest BCUT2D eigenvalue weighted by molar-refractivity contribution is 0.410. The molecule has 0 aliphatic heterocycles. The van der Waals surface area contributed by atoms with Gasteiger partial charge < -0.3 is 16.4 Å². The normalized spacial score (nSPS) is 18.6. The molecule has 0 amide bonds. The van der Waals surface area contributed by atoms with Crippen LogP contribution in [-0.2, 0) is 0 Å². The van der Waals surface area contributed by atoms with Gasteiger partial charge in [0.1, 0.15) is 11.5 Å². The second kappa shape index (κ2) is 8.51. The quantitative estimate of drug-likeness (QED) is 0.437. The number of rotatable bonds is 5. The minimum atomic E-state index is -0.390. The molecule has 1 saturated carbocycles. The fraction of sp³-hybridized carbons (Fsp3) is 0.304. The summed E-state index contributed by atoms with van der Waals surface area (Å²) in [6, 6.07) is 5.85. The van der Waals surface area contributed by atoms with Gasteiger partial charge in [-0.25, -0.2) is 19.3 Å². The third-order valence-corrected chi connectivity index (χ3v) is 5.83.